The molecule has 3 unspecified atom stereocenters. The number of aliphatic hydroxyl groups excluding tert-OH is 1. The molecule has 0 radical (unpaired) electrons. The smallest absolute Gasteiger partial charge is 0.157 e. The summed E-state index contributed by atoms with van der Waals surface area (Å²) in [6, 6.07) is 0. The van der Waals surface area contributed by atoms with Gasteiger partial charge in [0, 0.05) is 5.92 Å². The van der Waals surface area contributed by atoms with E-state index in [2.05, 4.69) is 13.8 Å². The first-order valence-corrected chi connectivity index (χ1v) is 5.57. The maximum Gasteiger partial charge on any atom is 0.157 e. The maximum atomic E-state index is 9.56. The average Bonchev–Trinajstić information content (AvgIpc) is 2.12. The second-order valence-electron chi connectivity index (χ2n) is 4.16. The molecule has 1 N–H and O–H groups in total. The van der Waals surface area contributed by atoms with E-state index >= 15 is 0 Å². The minimum atomic E-state index is -0.493. The van der Waals surface area contributed by atoms with Crippen LogP contribution in [0.1, 0.15) is 46.0 Å². The highest BCUT2D eigenvalue weighted by Gasteiger charge is 2.28. The van der Waals surface area contributed by atoms with Gasteiger partial charge in [0.15, 0.2) is 6.29 Å². The summed E-state index contributed by atoms with van der Waals surface area (Å²) >= 11 is 0. The van der Waals surface area contributed by atoms with Gasteiger partial charge in [-0.1, -0.05) is 26.7 Å². The Morgan fingerprint density at radius 2 is 1.92 bits per heavy atom. The molecule has 1 aliphatic heterocycles. The third-order valence-corrected chi connectivity index (χ3v) is 2.90. The molecule has 1 fully saturated rings. The van der Waals surface area contributed by atoms with Crippen LogP contribution in [-0.4, -0.2) is 18.0 Å². The SMILES string of the molecule is CCCC1COC(O)C(CCC)C1. The van der Waals surface area contributed by atoms with Gasteiger partial charge in [0.05, 0.1) is 6.61 Å². The third kappa shape index (κ3) is 3.28. The van der Waals surface area contributed by atoms with Gasteiger partial charge in [-0.15, -0.1) is 0 Å². The van der Waals surface area contributed by atoms with E-state index in [1.54, 1.807) is 0 Å². The van der Waals surface area contributed by atoms with Gasteiger partial charge in [0.1, 0.15) is 0 Å². The predicted octanol–water partition coefficient (Wildman–Crippen LogP) is 2.56. The summed E-state index contributed by atoms with van der Waals surface area (Å²) in [5.74, 6) is 1.07. The molecule has 3 atom stereocenters. The molecule has 0 spiro atoms. The van der Waals surface area contributed by atoms with Crippen LogP contribution in [0.15, 0.2) is 0 Å². The summed E-state index contributed by atoms with van der Waals surface area (Å²) in [5, 5.41) is 9.56. The lowest BCUT2D eigenvalue weighted by Gasteiger charge is -2.33. The van der Waals surface area contributed by atoms with Gasteiger partial charge in [-0.05, 0) is 25.2 Å². The molecule has 2 nitrogen and oxygen atoms in total. The molecule has 1 aliphatic rings. The van der Waals surface area contributed by atoms with Crippen molar-refractivity contribution >= 4 is 0 Å². The first-order valence-electron chi connectivity index (χ1n) is 5.57. The topological polar surface area (TPSA) is 29.5 Å². The Morgan fingerprint density at radius 1 is 1.23 bits per heavy atom. The number of hydrogen-bond donors (Lipinski definition) is 1. The van der Waals surface area contributed by atoms with Crippen LogP contribution in [0.25, 0.3) is 0 Å². The molecule has 1 heterocycles. The van der Waals surface area contributed by atoms with Crippen molar-refractivity contribution in [1.29, 1.82) is 0 Å². The van der Waals surface area contributed by atoms with Crippen LogP contribution in [0.4, 0.5) is 0 Å². The van der Waals surface area contributed by atoms with E-state index in [1.165, 1.54) is 12.8 Å². The lowest BCUT2D eigenvalue weighted by Crippen LogP contribution is -2.34. The second kappa shape index (κ2) is 5.61. The Kier molecular flexibility index (Phi) is 4.74. The van der Waals surface area contributed by atoms with Gasteiger partial charge in [0.2, 0.25) is 0 Å². The van der Waals surface area contributed by atoms with E-state index in [0.717, 1.165) is 25.9 Å². The van der Waals surface area contributed by atoms with Gasteiger partial charge >= 0.3 is 0 Å². The fourth-order valence-electron chi connectivity index (χ4n) is 2.22. The lowest BCUT2D eigenvalue weighted by atomic mass is 9.86. The highest BCUT2D eigenvalue weighted by molar-refractivity contribution is 4.73. The highest BCUT2D eigenvalue weighted by atomic mass is 16.6. The van der Waals surface area contributed by atoms with Crippen LogP contribution in [0, 0.1) is 11.8 Å². The van der Waals surface area contributed by atoms with Crippen molar-refractivity contribution in [3.63, 3.8) is 0 Å². The van der Waals surface area contributed by atoms with E-state index in [1.807, 2.05) is 0 Å². The molecule has 0 amide bonds. The summed E-state index contributed by atoms with van der Waals surface area (Å²) in [4.78, 5) is 0. The molecule has 0 saturated carbocycles. The van der Waals surface area contributed by atoms with E-state index in [9.17, 15) is 5.11 Å². The number of hydrogen-bond acceptors (Lipinski definition) is 2. The molecule has 1 saturated heterocycles. The fraction of sp³-hybridized carbons (Fsp3) is 1.00. The van der Waals surface area contributed by atoms with Crippen LogP contribution in [-0.2, 0) is 4.74 Å². The number of ether oxygens (including phenoxy) is 1. The first-order chi connectivity index (χ1) is 6.27. The number of aliphatic hydroxyl groups is 1. The largest absolute Gasteiger partial charge is 0.368 e. The fourth-order valence-corrected chi connectivity index (χ4v) is 2.22. The van der Waals surface area contributed by atoms with Gasteiger partial charge in [-0.2, -0.15) is 0 Å². The maximum absolute atomic E-state index is 9.56. The molecule has 0 aromatic carbocycles. The van der Waals surface area contributed by atoms with Crippen molar-refractivity contribution in [1.82, 2.24) is 0 Å². The zero-order valence-electron chi connectivity index (χ0n) is 8.83. The van der Waals surface area contributed by atoms with E-state index in [4.69, 9.17) is 4.74 Å². The second-order valence-corrected chi connectivity index (χ2v) is 4.16. The Labute approximate surface area is 81.3 Å². The molecule has 0 bridgehead atoms. The van der Waals surface area contributed by atoms with Gasteiger partial charge < -0.3 is 9.84 Å². The normalized spacial score (nSPS) is 34.8. The van der Waals surface area contributed by atoms with E-state index in [-0.39, 0.29) is 0 Å². The Bertz CT molecular complexity index is 136. The molecule has 13 heavy (non-hydrogen) atoms. The average molecular weight is 186 g/mol. The molecule has 0 aromatic rings. The lowest BCUT2D eigenvalue weighted by molar-refractivity contribution is -0.177. The monoisotopic (exact) mass is 186 g/mol. The summed E-state index contributed by atoms with van der Waals surface area (Å²) in [5.41, 5.74) is 0. The first kappa shape index (κ1) is 11.0. The number of rotatable bonds is 4. The molecule has 0 aliphatic carbocycles. The van der Waals surface area contributed by atoms with Crippen LogP contribution < -0.4 is 0 Å². The zero-order chi connectivity index (χ0) is 9.68. The predicted molar refractivity (Wildman–Crippen MR) is 53.4 cm³/mol. The van der Waals surface area contributed by atoms with Gasteiger partial charge in [-0.25, -0.2) is 0 Å². The van der Waals surface area contributed by atoms with Gasteiger partial charge in [-0.3, -0.25) is 0 Å². The van der Waals surface area contributed by atoms with Crippen molar-refractivity contribution in [2.45, 2.75) is 52.2 Å². The van der Waals surface area contributed by atoms with Crippen molar-refractivity contribution < 1.29 is 9.84 Å². The Morgan fingerprint density at radius 3 is 2.54 bits per heavy atom. The van der Waals surface area contributed by atoms with Crippen molar-refractivity contribution in [2.75, 3.05) is 6.61 Å². The summed E-state index contributed by atoms with van der Waals surface area (Å²) in [7, 11) is 0. The molecule has 2 heteroatoms. The van der Waals surface area contributed by atoms with Crippen LogP contribution >= 0.6 is 0 Å². The van der Waals surface area contributed by atoms with E-state index < -0.39 is 6.29 Å². The Hall–Kier alpha value is -0.0800. The standard InChI is InChI=1S/C11H22O2/c1-3-5-9-7-10(6-4-2)11(12)13-8-9/h9-12H,3-8H2,1-2H3. The summed E-state index contributed by atoms with van der Waals surface area (Å²) in [6.07, 6.45) is 5.37. The van der Waals surface area contributed by atoms with Gasteiger partial charge in [0.25, 0.3) is 0 Å². The highest BCUT2D eigenvalue weighted by Crippen LogP contribution is 2.29. The summed E-state index contributed by atoms with van der Waals surface area (Å²) < 4.78 is 5.36. The quantitative estimate of drug-likeness (QED) is 0.731. The Balaban J connectivity index is 2.33. The molecular weight excluding hydrogens is 164 g/mol. The molecular formula is C11H22O2. The minimum Gasteiger partial charge on any atom is -0.368 e. The zero-order valence-corrected chi connectivity index (χ0v) is 8.83. The summed E-state index contributed by atoms with van der Waals surface area (Å²) in [6.45, 7) is 5.13. The molecule has 0 aromatic heterocycles. The van der Waals surface area contributed by atoms with Crippen LogP contribution in [0.2, 0.25) is 0 Å². The molecule has 1 rings (SSSR count). The van der Waals surface area contributed by atoms with E-state index in [0.29, 0.717) is 11.8 Å². The van der Waals surface area contributed by atoms with Crippen molar-refractivity contribution in [3.8, 4) is 0 Å². The third-order valence-electron chi connectivity index (χ3n) is 2.90. The van der Waals surface area contributed by atoms with Crippen molar-refractivity contribution in [3.05, 3.63) is 0 Å². The van der Waals surface area contributed by atoms with Crippen molar-refractivity contribution in [2.24, 2.45) is 11.8 Å². The minimum absolute atomic E-state index is 0.385. The van der Waals surface area contributed by atoms with Crippen LogP contribution in [0.5, 0.6) is 0 Å². The molecule has 78 valence electrons. The van der Waals surface area contributed by atoms with Crippen LogP contribution in [0.3, 0.4) is 0 Å².